The van der Waals surface area contributed by atoms with Crippen LogP contribution in [0.15, 0.2) is 72.8 Å². The van der Waals surface area contributed by atoms with Gasteiger partial charge in [-0.05, 0) is 30.4 Å². The number of hydrogen-bond acceptors (Lipinski definition) is 1. The lowest BCUT2D eigenvalue weighted by molar-refractivity contribution is 0.181. The summed E-state index contributed by atoms with van der Waals surface area (Å²) in [7, 11) is 0. The van der Waals surface area contributed by atoms with Crippen molar-refractivity contribution in [3.05, 3.63) is 83.9 Å². The molecule has 1 N–H and O–H groups in total. The molecule has 98 valence electrons. The molecular weight excluding hydrogens is 232 g/mol. The van der Waals surface area contributed by atoms with Crippen LogP contribution in [0.1, 0.15) is 30.1 Å². The quantitative estimate of drug-likeness (QED) is 0.760. The molecule has 0 radical (unpaired) electrons. The molecule has 1 heteroatoms. The normalized spacial score (nSPS) is 12.7. The molecule has 0 bridgehead atoms. The lowest BCUT2D eigenvalue weighted by Crippen LogP contribution is -1.94. The summed E-state index contributed by atoms with van der Waals surface area (Å²) in [6, 6.07) is 20.3. The molecule has 0 aliphatic rings. The van der Waals surface area contributed by atoms with E-state index in [1.165, 1.54) is 5.56 Å². The van der Waals surface area contributed by atoms with Crippen LogP contribution in [-0.4, -0.2) is 5.11 Å². The Hall–Kier alpha value is -1.86. The number of aliphatic hydroxyl groups is 1. The molecule has 0 heterocycles. The average molecular weight is 252 g/mol. The smallest absolute Gasteiger partial charge is 0.0824 e. The van der Waals surface area contributed by atoms with Crippen LogP contribution in [-0.2, 0) is 6.42 Å². The van der Waals surface area contributed by atoms with Crippen molar-refractivity contribution in [1.82, 2.24) is 0 Å². The fraction of sp³-hybridized carbons (Fsp3) is 0.222. The maximum atomic E-state index is 9.99. The molecule has 0 spiro atoms. The van der Waals surface area contributed by atoms with Crippen LogP contribution in [0.25, 0.3) is 0 Å². The van der Waals surface area contributed by atoms with E-state index in [1.54, 1.807) is 0 Å². The second kappa shape index (κ2) is 7.55. The van der Waals surface area contributed by atoms with Gasteiger partial charge in [-0.15, -0.1) is 0 Å². The molecule has 0 aromatic heterocycles. The highest BCUT2D eigenvalue weighted by molar-refractivity contribution is 5.18. The van der Waals surface area contributed by atoms with Crippen molar-refractivity contribution < 1.29 is 5.11 Å². The lowest BCUT2D eigenvalue weighted by atomic mass is 10.1. The molecule has 0 amide bonds. The first-order valence-corrected chi connectivity index (χ1v) is 6.78. The van der Waals surface area contributed by atoms with Crippen LogP contribution in [0.3, 0.4) is 0 Å². The molecule has 1 nitrogen and oxygen atoms in total. The van der Waals surface area contributed by atoms with Gasteiger partial charge in [-0.2, -0.15) is 0 Å². The molecule has 1 atom stereocenters. The lowest BCUT2D eigenvalue weighted by Gasteiger charge is -2.07. The molecule has 0 aliphatic carbocycles. The van der Waals surface area contributed by atoms with E-state index in [-0.39, 0.29) is 0 Å². The van der Waals surface area contributed by atoms with Crippen LogP contribution < -0.4 is 0 Å². The Bertz CT molecular complexity index is 488. The molecule has 2 aromatic carbocycles. The van der Waals surface area contributed by atoms with Gasteiger partial charge in [0.1, 0.15) is 0 Å². The largest absolute Gasteiger partial charge is 0.388 e. The second-order valence-electron chi connectivity index (χ2n) is 4.66. The van der Waals surface area contributed by atoms with Gasteiger partial charge in [0.25, 0.3) is 0 Å². The van der Waals surface area contributed by atoms with Crippen LogP contribution in [0, 0.1) is 0 Å². The van der Waals surface area contributed by atoms with E-state index < -0.39 is 6.10 Å². The number of aliphatic hydroxyl groups excluding tert-OH is 1. The zero-order valence-electron chi connectivity index (χ0n) is 11.1. The van der Waals surface area contributed by atoms with Crippen molar-refractivity contribution >= 4 is 0 Å². The molecule has 2 rings (SSSR count). The van der Waals surface area contributed by atoms with Gasteiger partial charge in [-0.25, -0.2) is 0 Å². The van der Waals surface area contributed by atoms with Crippen molar-refractivity contribution in [3.63, 3.8) is 0 Å². The maximum absolute atomic E-state index is 9.99. The van der Waals surface area contributed by atoms with Gasteiger partial charge in [0.05, 0.1) is 6.10 Å². The molecular formula is C18H20O. The molecule has 0 aliphatic heterocycles. The summed E-state index contributed by atoms with van der Waals surface area (Å²) >= 11 is 0. The maximum Gasteiger partial charge on any atom is 0.0824 e. The second-order valence-corrected chi connectivity index (χ2v) is 4.66. The Morgan fingerprint density at radius 2 is 1.47 bits per heavy atom. The third-order valence-corrected chi connectivity index (χ3v) is 3.15. The minimum Gasteiger partial charge on any atom is -0.388 e. The van der Waals surface area contributed by atoms with Crippen molar-refractivity contribution in [3.8, 4) is 0 Å². The summed E-state index contributed by atoms with van der Waals surface area (Å²) in [6.07, 6.45) is 6.58. The van der Waals surface area contributed by atoms with Crippen molar-refractivity contribution in [1.29, 1.82) is 0 Å². The van der Waals surface area contributed by atoms with Gasteiger partial charge >= 0.3 is 0 Å². The van der Waals surface area contributed by atoms with Crippen LogP contribution in [0.2, 0.25) is 0 Å². The van der Waals surface area contributed by atoms with E-state index in [4.69, 9.17) is 0 Å². The highest BCUT2D eigenvalue weighted by Crippen LogP contribution is 2.16. The van der Waals surface area contributed by atoms with Crippen molar-refractivity contribution in [2.75, 3.05) is 0 Å². The fourth-order valence-corrected chi connectivity index (χ4v) is 2.05. The summed E-state index contributed by atoms with van der Waals surface area (Å²) in [5.74, 6) is 0. The molecule has 19 heavy (non-hydrogen) atoms. The summed E-state index contributed by atoms with van der Waals surface area (Å²) in [4.78, 5) is 0. The van der Waals surface area contributed by atoms with Crippen LogP contribution in [0.4, 0.5) is 0 Å². The summed E-state index contributed by atoms with van der Waals surface area (Å²) in [5, 5.41) is 9.99. The van der Waals surface area contributed by atoms with E-state index >= 15 is 0 Å². The number of aryl methyl sites for hydroxylation is 1. The standard InChI is InChI=1S/C18H20O/c19-18(17-13-7-3-8-14-17)15-9-2-6-12-16-10-4-1-5-11-16/h1-5,7-11,13-14,18-19H,6,12,15H2/b9-2+/t18-/m0/s1. The van der Waals surface area contributed by atoms with Gasteiger partial charge in [0, 0.05) is 0 Å². The first-order chi connectivity index (χ1) is 9.36. The van der Waals surface area contributed by atoms with Crippen molar-refractivity contribution in [2.24, 2.45) is 0 Å². The Kier molecular flexibility index (Phi) is 5.39. The Labute approximate surface area is 115 Å². The highest BCUT2D eigenvalue weighted by Gasteiger charge is 2.03. The van der Waals surface area contributed by atoms with Gasteiger partial charge in [-0.1, -0.05) is 72.8 Å². The highest BCUT2D eigenvalue weighted by atomic mass is 16.3. The zero-order valence-corrected chi connectivity index (χ0v) is 11.1. The third kappa shape index (κ3) is 4.72. The van der Waals surface area contributed by atoms with Gasteiger partial charge in [0.2, 0.25) is 0 Å². The SMILES string of the molecule is O[C@@H](C/C=C/CCc1ccccc1)c1ccccc1. The van der Waals surface area contributed by atoms with Crippen molar-refractivity contribution in [2.45, 2.75) is 25.4 Å². The first-order valence-electron chi connectivity index (χ1n) is 6.78. The zero-order chi connectivity index (χ0) is 13.3. The molecule has 2 aromatic rings. The summed E-state index contributed by atoms with van der Waals surface area (Å²) in [6.45, 7) is 0. The molecule has 0 fully saturated rings. The Morgan fingerprint density at radius 3 is 2.16 bits per heavy atom. The number of allylic oxidation sites excluding steroid dienone is 1. The third-order valence-electron chi connectivity index (χ3n) is 3.15. The number of rotatable bonds is 6. The molecule has 0 saturated carbocycles. The van der Waals surface area contributed by atoms with Gasteiger partial charge < -0.3 is 5.11 Å². The minimum absolute atomic E-state index is 0.394. The molecule has 0 saturated heterocycles. The average Bonchev–Trinajstić information content (AvgIpc) is 2.49. The van der Waals surface area contributed by atoms with Crippen LogP contribution in [0.5, 0.6) is 0 Å². The van der Waals surface area contributed by atoms with Crippen LogP contribution >= 0.6 is 0 Å². The Balaban J connectivity index is 1.72. The van der Waals surface area contributed by atoms with E-state index in [2.05, 4.69) is 36.4 Å². The summed E-state index contributed by atoms with van der Waals surface area (Å²) in [5.41, 5.74) is 2.34. The predicted molar refractivity (Wildman–Crippen MR) is 79.9 cm³/mol. The Morgan fingerprint density at radius 1 is 0.842 bits per heavy atom. The van der Waals surface area contributed by atoms with Gasteiger partial charge in [-0.3, -0.25) is 0 Å². The van der Waals surface area contributed by atoms with E-state index in [0.29, 0.717) is 6.42 Å². The van der Waals surface area contributed by atoms with E-state index in [0.717, 1.165) is 18.4 Å². The van der Waals surface area contributed by atoms with Gasteiger partial charge in [0.15, 0.2) is 0 Å². The first kappa shape index (κ1) is 13.6. The minimum atomic E-state index is -0.394. The van der Waals surface area contributed by atoms with E-state index in [1.807, 2.05) is 36.4 Å². The topological polar surface area (TPSA) is 20.2 Å². The predicted octanol–water partition coefficient (Wildman–Crippen LogP) is 4.30. The monoisotopic (exact) mass is 252 g/mol. The number of hydrogen-bond donors (Lipinski definition) is 1. The molecule has 0 unspecified atom stereocenters. The number of benzene rings is 2. The van der Waals surface area contributed by atoms with E-state index in [9.17, 15) is 5.11 Å². The fourth-order valence-electron chi connectivity index (χ4n) is 2.05. The summed E-state index contributed by atoms with van der Waals surface area (Å²) < 4.78 is 0.